The molecule has 39 heavy (non-hydrogen) atoms. The number of imidazole rings is 1. The van der Waals surface area contributed by atoms with Gasteiger partial charge in [0, 0.05) is 19.9 Å². The van der Waals surface area contributed by atoms with Crippen LogP contribution >= 0.6 is 0 Å². The van der Waals surface area contributed by atoms with Crippen molar-refractivity contribution >= 4 is 28.6 Å². The molecule has 2 N–H and O–H groups in total. The van der Waals surface area contributed by atoms with Gasteiger partial charge in [0.1, 0.15) is 11.3 Å². The molecule has 0 radical (unpaired) electrons. The van der Waals surface area contributed by atoms with Crippen molar-refractivity contribution in [2.24, 2.45) is 0 Å². The molecule has 0 atom stereocenters. The summed E-state index contributed by atoms with van der Waals surface area (Å²) in [4.78, 5) is 28.8. The van der Waals surface area contributed by atoms with E-state index in [-0.39, 0.29) is 11.5 Å². The summed E-state index contributed by atoms with van der Waals surface area (Å²) in [5, 5.41) is 12.6. The maximum Gasteiger partial charge on any atom is 0.336 e. The summed E-state index contributed by atoms with van der Waals surface area (Å²) in [7, 11) is 0. The molecule has 0 fully saturated rings. The zero-order valence-corrected chi connectivity index (χ0v) is 22.1. The number of nitrogens with one attached hydrogen (secondary N) is 1. The lowest BCUT2D eigenvalue weighted by atomic mass is 9.98. The van der Waals surface area contributed by atoms with Crippen LogP contribution in [0.5, 0.6) is 0 Å². The first-order valence-electron chi connectivity index (χ1n) is 13.2. The molecule has 1 amide bonds. The number of nitrogens with zero attached hydrogens (tertiary/aromatic N) is 2. The molecule has 4 aromatic carbocycles. The molecular weight excluding hydrogens is 486 g/mol. The second kappa shape index (κ2) is 11.4. The van der Waals surface area contributed by atoms with Crippen LogP contribution in [-0.4, -0.2) is 26.5 Å². The first-order valence-corrected chi connectivity index (χ1v) is 13.2. The van der Waals surface area contributed by atoms with Gasteiger partial charge >= 0.3 is 5.97 Å². The molecule has 196 valence electrons. The van der Waals surface area contributed by atoms with E-state index in [1.165, 1.54) is 6.92 Å². The van der Waals surface area contributed by atoms with Crippen molar-refractivity contribution in [1.82, 2.24) is 9.55 Å². The second-order valence-electron chi connectivity index (χ2n) is 9.70. The van der Waals surface area contributed by atoms with Crippen molar-refractivity contribution in [2.45, 2.75) is 39.7 Å². The standard InChI is InChI=1S/C33H31N3O3/c1-3-4-14-31-35-32-29(34-22(2)37)19-26(24-10-6-5-7-11-24)20-30(32)36(31)21-23-15-17-25(18-16-23)27-12-8-9-13-28(27)33(38)39/h5-13,15-20H,3-4,14,21H2,1-2H3,(H,34,37)(H,38,39). The van der Waals surface area contributed by atoms with E-state index in [9.17, 15) is 14.7 Å². The first-order chi connectivity index (χ1) is 18.9. The highest BCUT2D eigenvalue weighted by Gasteiger charge is 2.17. The number of carbonyl (C=O) groups excluding carboxylic acids is 1. The van der Waals surface area contributed by atoms with Crippen molar-refractivity contribution in [3.8, 4) is 22.3 Å². The smallest absolute Gasteiger partial charge is 0.336 e. The summed E-state index contributed by atoms with van der Waals surface area (Å²) in [6.07, 6.45) is 2.89. The van der Waals surface area contributed by atoms with E-state index in [4.69, 9.17) is 4.98 Å². The highest BCUT2D eigenvalue weighted by atomic mass is 16.4. The van der Waals surface area contributed by atoms with E-state index in [0.717, 1.165) is 58.4 Å². The van der Waals surface area contributed by atoms with E-state index in [2.05, 4.69) is 35.0 Å². The molecule has 6 heteroatoms. The lowest BCUT2D eigenvalue weighted by Crippen LogP contribution is -2.07. The van der Waals surface area contributed by atoms with Crippen LogP contribution in [0, 0.1) is 0 Å². The third kappa shape index (κ3) is 5.60. The molecule has 0 aliphatic rings. The van der Waals surface area contributed by atoms with Crippen molar-refractivity contribution in [1.29, 1.82) is 0 Å². The second-order valence-corrected chi connectivity index (χ2v) is 9.70. The number of aromatic nitrogens is 2. The molecule has 1 aromatic heterocycles. The Balaban J connectivity index is 1.59. The fourth-order valence-corrected chi connectivity index (χ4v) is 4.95. The fraction of sp³-hybridized carbons (Fsp3) is 0.182. The summed E-state index contributed by atoms with van der Waals surface area (Å²) in [6, 6.07) is 29.3. The number of aryl methyl sites for hydroxylation is 1. The Morgan fingerprint density at radius 3 is 2.28 bits per heavy atom. The molecular formula is C33H31N3O3. The summed E-state index contributed by atoms with van der Waals surface area (Å²) in [6.45, 7) is 4.28. The molecule has 0 aliphatic heterocycles. The Labute approximate surface area is 228 Å². The first kappa shape index (κ1) is 25.9. The molecule has 0 bridgehead atoms. The summed E-state index contributed by atoms with van der Waals surface area (Å²) < 4.78 is 2.24. The topological polar surface area (TPSA) is 84.2 Å². The highest BCUT2D eigenvalue weighted by Crippen LogP contribution is 2.33. The zero-order chi connectivity index (χ0) is 27.4. The monoisotopic (exact) mass is 517 g/mol. The number of aromatic carboxylic acids is 1. The number of unbranched alkanes of at least 4 members (excludes halogenated alkanes) is 1. The van der Waals surface area contributed by atoms with Crippen LogP contribution in [0.15, 0.2) is 91.0 Å². The van der Waals surface area contributed by atoms with Gasteiger partial charge in [-0.15, -0.1) is 0 Å². The van der Waals surface area contributed by atoms with Crippen LogP contribution in [0.4, 0.5) is 5.69 Å². The average Bonchev–Trinajstić information content (AvgIpc) is 3.29. The Kier molecular flexibility index (Phi) is 7.55. The van der Waals surface area contributed by atoms with Crippen molar-refractivity contribution in [3.63, 3.8) is 0 Å². The number of carboxylic acids is 1. The molecule has 0 unspecified atom stereocenters. The van der Waals surface area contributed by atoms with Gasteiger partial charge in [-0.05, 0) is 52.4 Å². The third-order valence-electron chi connectivity index (χ3n) is 6.87. The predicted octanol–water partition coefficient (Wildman–Crippen LogP) is 7.42. The fourth-order valence-electron chi connectivity index (χ4n) is 4.95. The molecule has 0 saturated carbocycles. The number of carbonyl (C=O) groups is 2. The third-order valence-corrected chi connectivity index (χ3v) is 6.87. The maximum absolute atomic E-state index is 12.1. The van der Waals surface area contributed by atoms with E-state index in [0.29, 0.717) is 17.8 Å². The number of hydrogen-bond acceptors (Lipinski definition) is 3. The zero-order valence-electron chi connectivity index (χ0n) is 22.1. The highest BCUT2D eigenvalue weighted by molar-refractivity contribution is 6.01. The van der Waals surface area contributed by atoms with Gasteiger partial charge in [-0.3, -0.25) is 4.79 Å². The summed E-state index contributed by atoms with van der Waals surface area (Å²) in [5.74, 6) is -0.100. The van der Waals surface area contributed by atoms with Crippen molar-refractivity contribution in [3.05, 3.63) is 108 Å². The minimum absolute atomic E-state index is 0.136. The summed E-state index contributed by atoms with van der Waals surface area (Å²) in [5.41, 5.74) is 7.44. The lowest BCUT2D eigenvalue weighted by molar-refractivity contribution is -0.114. The van der Waals surface area contributed by atoms with Crippen LogP contribution in [0.1, 0.15) is 48.4 Å². The number of hydrogen-bond donors (Lipinski definition) is 2. The van der Waals surface area contributed by atoms with Crippen molar-refractivity contribution in [2.75, 3.05) is 5.32 Å². The SMILES string of the molecule is CCCCc1nc2c(NC(C)=O)cc(-c3ccccc3)cc2n1Cc1ccc(-c2ccccc2C(=O)O)cc1. The Hall–Kier alpha value is -4.71. The van der Waals surface area contributed by atoms with Crippen LogP contribution in [0.25, 0.3) is 33.3 Å². The molecule has 0 spiro atoms. The molecule has 0 aliphatic carbocycles. The normalized spacial score (nSPS) is 11.0. The number of benzene rings is 4. The van der Waals surface area contributed by atoms with Crippen LogP contribution < -0.4 is 5.32 Å². The lowest BCUT2D eigenvalue weighted by Gasteiger charge is -2.13. The van der Waals surface area contributed by atoms with Gasteiger partial charge < -0.3 is 15.0 Å². The molecule has 6 nitrogen and oxygen atoms in total. The van der Waals surface area contributed by atoms with Gasteiger partial charge in [-0.25, -0.2) is 9.78 Å². The molecule has 5 aromatic rings. The average molecular weight is 518 g/mol. The van der Waals surface area contributed by atoms with Gasteiger partial charge in [0.25, 0.3) is 0 Å². The van der Waals surface area contributed by atoms with E-state index in [1.54, 1.807) is 12.1 Å². The molecule has 0 saturated heterocycles. The van der Waals surface area contributed by atoms with Gasteiger partial charge in [0.05, 0.1) is 16.8 Å². The minimum atomic E-state index is -0.940. The summed E-state index contributed by atoms with van der Waals surface area (Å²) >= 11 is 0. The quantitative estimate of drug-likeness (QED) is 0.213. The Morgan fingerprint density at radius 1 is 0.872 bits per heavy atom. The number of carboxylic acid groups (broad SMARTS) is 1. The van der Waals surface area contributed by atoms with Gasteiger partial charge in [0.2, 0.25) is 5.91 Å². The van der Waals surface area contributed by atoms with Crippen molar-refractivity contribution < 1.29 is 14.7 Å². The van der Waals surface area contributed by atoms with E-state index in [1.807, 2.05) is 60.7 Å². The van der Waals surface area contributed by atoms with Gasteiger partial charge in [0.15, 0.2) is 0 Å². The molecule has 5 rings (SSSR count). The van der Waals surface area contributed by atoms with Gasteiger partial charge in [-0.2, -0.15) is 0 Å². The van der Waals surface area contributed by atoms with E-state index >= 15 is 0 Å². The van der Waals surface area contributed by atoms with Crippen LogP contribution in [-0.2, 0) is 17.8 Å². The number of rotatable bonds is 9. The Bertz CT molecular complexity index is 1640. The number of fused-ring (bicyclic) bond motifs is 1. The Morgan fingerprint density at radius 2 is 1.59 bits per heavy atom. The minimum Gasteiger partial charge on any atom is -0.478 e. The van der Waals surface area contributed by atoms with Gasteiger partial charge in [-0.1, -0.05) is 86.1 Å². The predicted molar refractivity (Wildman–Crippen MR) is 156 cm³/mol. The maximum atomic E-state index is 12.1. The number of anilines is 1. The number of amides is 1. The van der Waals surface area contributed by atoms with E-state index < -0.39 is 5.97 Å². The van der Waals surface area contributed by atoms with Crippen LogP contribution in [0.2, 0.25) is 0 Å². The molecule has 1 heterocycles. The van der Waals surface area contributed by atoms with Crippen LogP contribution in [0.3, 0.4) is 0 Å². The largest absolute Gasteiger partial charge is 0.478 e.